The third kappa shape index (κ3) is 6.18. The zero-order chi connectivity index (χ0) is 9.78. The Morgan fingerprint density at radius 1 is 1.33 bits per heavy atom. The maximum Gasteiger partial charge on any atom is 0.277 e. The second-order valence-corrected chi connectivity index (χ2v) is 4.67. The van der Waals surface area contributed by atoms with Crippen LogP contribution >= 0.6 is 0 Å². The van der Waals surface area contributed by atoms with Gasteiger partial charge in [0.1, 0.15) is 0 Å². The molecular weight excluding hydrogens is 148 g/mol. The fourth-order valence-electron chi connectivity index (χ4n) is 1.09. The molecule has 0 saturated carbocycles. The van der Waals surface area contributed by atoms with Crippen molar-refractivity contribution in [1.82, 2.24) is 5.32 Å². The zero-order valence-electron chi connectivity index (χ0n) is 8.81. The molecule has 0 rings (SSSR count). The minimum Gasteiger partial charge on any atom is -0.296 e. The average molecular weight is 168 g/mol. The monoisotopic (exact) mass is 168 g/mol. The van der Waals surface area contributed by atoms with E-state index in [1.54, 1.807) is 0 Å². The van der Waals surface area contributed by atoms with Gasteiger partial charge >= 0.3 is 0 Å². The van der Waals surface area contributed by atoms with Crippen molar-refractivity contribution < 1.29 is 0 Å². The van der Waals surface area contributed by atoms with Crippen LogP contribution in [0.25, 0.3) is 4.85 Å². The lowest BCUT2D eigenvalue weighted by molar-refractivity contribution is 0.355. The lowest BCUT2D eigenvalue weighted by Gasteiger charge is -2.22. The van der Waals surface area contributed by atoms with E-state index < -0.39 is 0 Å². The summed E-state index contributed by atoms with van der Waals surface area (Å²) < 4.78 is 0. The number of rotatable bonds is 3. The van der Waals surface area contributed by atoms with Crippen LogP contribution < -0.4 is 5.32 Å². The van der Waals surface area contributed by atoms with Crippen molar-refractivity contribution in [3.63, 3.8) is 0 Å². The summed E-state index contributed by atoms with van der Waals surface area (Å²) in [6, 6.07) is 0. The molecule has 1 N–H and O–H groups in total. The molecule has 0 bridgehead atoms. The third-order valence-electron chi connectivity index (χ3n) is 1.45. The first-order valence-electron chi connectivity index (χ1n) is 4.49. The van der Waals surface area contributed by atoms with Gasteiger partial charge in [0, 0.05) is 12.0 Å². The molecule has 0 radical (unpaired) electrons. The van der Waals surface area contributed by atoms with Gasteiger partial charge in [-0.25, -0.2) is 11.9 Å². The van der Waals surface area contributed by atoms with E-state index in [4.69, 9.17) is 6.57 Å². The summed E-state index contributed by atoms with van der Waals surface area (Å²) >= 11 is 0. The van der Waals surface area contributed by atoms with Gasteiger partial charge < -0.3 is 0 Å². The molecule has 0 spiro atoms. The minimum atomic E-state index is -0.0231. The first-order valence-corrected chi connectivity index (χ1v) is 4.49. The largest absolute Gasteiger partial charge is 0.296 e. The normalized spacial score (nSPS) is 14.4. The first-order chi connectivity index (χ1) is 5.35. The van der Waals surface area contributed by atoms with Gasteiger partial charge in [0.2, 0.25) is 0 Å². The van der Waals surface area contributed by atoms with Crippen LogP contribution in [-0.2, 0) is 0 Å². The van der Waals surface area contributed by atoms with E-state index >= 15 is 0 Å². The highest BCUT2D eigenvalue weighted by molar-refractivity contribution is 4.83. The van der Waals surface area contributed by atoms with Gasteiger partial charge in [0.05, 0.1) is 0 Å². The zero-order valence-corrected chi connectivity index (χ0v) is 8.81. The predicted molar refractivity (Wildman–Crippen MR) is 52.7 cm³/mol. The Hall–Kier alpha value is -0.550. The molecule has 0 unspecified atom stereocenters. The molecule has 0 fully saturated rings. The predicted octanol–water partition coefficient (Wildman–Crippen LogP) is 2.67. The Morgan fingerprint density at radius 3 is 2.08 bits per heavy atom. The van der Waals surface area contributed by atoms with Crippen LogP contribution in [-0.4, -0.2) is 11.7 Å². The van der Waals surface area contributed by atoms with E-state index in [-0.39, 0.29) is 11.7 Å². The third-order valence-corrected chi connectivity index (χ3v) is 1.45. The van der Waals surface area contributed by atoms with Gasteiger partial charge in [-0.15, -0.1) is 0 Å². The summed E-state index contributed by atoms with van der Waals surface area (Å²) in [5.41, 5.74) is 0.0457. The SMILES string of the molecule is [C-]#[N+][C@H](CC(C)C)NC(C)(C)C. The minimum absolute atomic E-state index is 0.0231. The van der Waals surface area contributed by atoms with Gasteiger partial charge in [0.15, 0.2) is 0 Å². The van der Waals surface area contributed by atoms with E-state index in [1.807, 2.05) is 0 Å². The summed E-state index contributed by atoms with van der Waals surface area (Å²) in [5.74, 6) is 0.582. The number of hydrogen-bond donors (Lipinski definition) is 1. The Balaban J connectivity index is 3.95. The van der Waals surface area contributed by atoms with Crippen molar-refractivity contribution in [1.29, 1.82) is 0 Å². The summed E-state index contributed by atoms with van der Waals surface area (Å²) in [6.07, 6.45) is 0.908. The molecule has 0 aliphatic heterocycles. The molecule has 0 aromatic heterocycles. The van der Waals surface area contributed by atoms with E-state index in [1.165, 1.54) is 0 Å². The maximum absolute atomic E-state index is 7.00. The molecule has 12 heavy (non-hydrogen) atoms. The Morgan fingerprint density at radius 2 is 1.83 bits per heavy atom. The fraction of sp³-hybridized carbons (Fsp3) is 0.900. The lowest BCUT2D eigenvalue weighted by atomic mass is 10.0. The highest BCUT2D eigenvalue weighted by atomic mass is 15.1. The molecule has 0 aliphatic rings. The Labute approximate surface area is 76.2 Å². The van der Waals surface area contributed by atoms with Crippen LogP contribution in [0, 0.1) is 12.5 Å². The van der Waals surface area contributed by atoms with Crippen molar-refractivity contribution >= 4 is 0 Å². The van der Waals surface area contributed by atoms with Crippen LogP contribution in [0.3, 0.4) is 0 Å². The van der Waals surface area contributed by atoms with Crippen LogP contribution in [0.1, 0.15) is 41.0 Å². The summed E-state index contributed by atoms with van der Waals surface area (Å²) in [7, 11) is 0. The van der Waals surface area contributed by atoms with Gasteiger partial charge in [-0.3, -0.25) is 4.85 Å². The molecule has 0 aromatic rings. The molecule has 0 amide bonds. The lowest BCUT2D eigenvalue weighted by Crippen LogP contribution is -2.42. The molecule has 0 heterocycles. The smallest absolute Gasteiger partial charge is 0.277 e. The maximum atomic E-state index is 7.00. The first kappa shape index (κ1) is 11.4. The summed E-state index contributed by atoms with van der Waals surface area (Å²) in [6.45, 7) is 17.5. The molecule has 70 valence electrons. The van der Waals surface area contributed by atoms with Crippen molar-refractivity contribution in [3.8, 4) is 0 Å². The van der Waals surface area contributed by atoms with E-state index in [0.717, 1.165) is 6.42 Å². The molecule has 1 atom stereocenters. The van der Waals surface area contributed by atoms with Crippen molar-refractivity contribution in [2.75, 3.05) is 0 Å². The van der Waals surface area contributed by atoms with Gasteiger partial charge in [0.25, 0.3) is 6.17 Å². The van der Waals surface area contributed by atoms with E-state index in [2.05, 4.69) is 44.8 Å². The molecule has 0 aromatic carbocycles. The highest BCUT2D eigenvalue weighted by Gasteiger charge is 2.21. The Bertz CT molecular complexity index is 160. The quantitative estimate of drug-likeness (QED) is 0.641. The highest BCUT2D eigenvalue weighted by Crippen LogP contribution is 2.10. The van der Waals surface area contributed by atoms with Crippen LogP contribution in [0.15, 0.2) is 0 Å². The average Bonchev–Trinajstić information content (AvgIpc) is 1.82. The van der Waals surface area contributed by atoms with E-state index in [9.17, 15) is 0 Å². The molecule has 0 aliphatic carbocycles. The molecule has 2 heteroatoms. The number of hydrogen-bond acceptors (Lipinski definition) is 1. The topological polar surface area (TPSA) is 16.4 Å². The fourth-order valence-corrected chi connectivity index (χ4v) is 1.09. The van der Waals surface area contributed by atoms with Crippen molar-refractivity contribution in [3.05, 3.63) is 11.4 Å². The Kier molecular flexibility index (Phi) is 4.26. The number of nitrogens with one attached hydrogen (secondary N) is 1. The van der Waals surface area contributed by atoms with Crippen LogP contribution in [0.5, 0.6) is 0 Å². The number of nitrogens with zero attached hydrogens (tertiary/aromatic N) is 1. The summed E-state index contributed by atoms with van der Waals surface area (Å²) in [5, 5.41) is 3.28. The van der Waals surface area contributed by atoms with Crippen molar-refractivity contribution in [2.24, 2.45) is 5.92 Å². The summed E-state index contributed by atoms with van der Waals surface area (Å²) in [4.78, 5) is 3.55. The second kappa shape index (κ2) is 4.47. The van der Waals surface area contributed by atoms with Gasteiger partial charge in [-0.05, 0) is 26.7 Å². The van der Waals surface area contributed by atoms with Gasteiger partial charge in [-0.2, -0.15) is 0 Å². The standard InChI is InChI=1S/C10H20N2/c1-8(2)7-9(11-6)12-10(3,4)5/h8-9,12H,7H2,1-5H3/t9-/m0/s1. The molecular formula is C10H20N2. The van der Waals surface area contributed by atoms with E-state index in [0.29, 0.717) is 5.92 Å². The van der Waals surface area contributed by atoms with Crippen molar-refractivity contribution in [2.45, 2.75) is 52.7 Å². The molecule has 2 nitrogen and oxygen atoms in total. The second-order valence-electron chi connectivity index (χ2n) is 4.67. The van der Waals surface area contributed by atoms with Crippen LogP contribution in [0.2, 0.25) is 0 Å². The molecule has 0 saturated heterocycles. The van der Waals surface area contributed by atoms with Gasteiger partial charge in [-0.1, -0.05) is 13.8 Å². The van der Waals surface area contributed by atoms with Crippen LogP contribution in [0.4, 0.5) is 0 Å².